The van der Waals surface area contributed by atoms with Crippen molar-refractivity contribution < 1.29 is 23.7 Å². The molecule has 1 unspecified atom stereocenters. The van der Waals surface area contributed by atoms with Gasteiger partial charge in [-0.15, -0.1) is 15.0 Å². The molecule has 5 rings (SSSR count). The summed E-state index contributed by atoms with van der Waals surface area (Å²) in [4.78, 5) is 22.1. The molecule has 0 spiro atoms. The number of ether oxygens (including phenoxy) is 4. The van der Waals surface area contributed by atoms with Gasteiger partial charge in [0.15, 0.2) is 0 Å². The monoisotopic (exact) mass is 696 g/mol. The first-order valence-corrected chi connectivity index (χ1v) is 17.2. The van der Waals surface area contributed by atoms with Gasteiger partial charge in [-0.1, -0.05) is 17.7 Å². The minimum absolute atomic E-state index is 0.135. The van der Waals surface area contributed by atoms with Gasteiger partial charge in [0, 0.05) is 49.6 Å². The average molecular weight is 697 g/mol. The van der Waals surface area contributed by atoms with Crippen molar-refractivity contribution in [1.29, 1.82) is 5.26 Å². The van der Waals surface area contributed by atoms with Crippen LogP contribution in [0.2, 0.25) is 5.02 Å². The van der Waals surface area contributed by atoms with Gasteiger partial charge >= 0.3 is 6.16 Å². The lowest BCUT2D eigenvalue weighted by Gasteiger charge is -2.32. The zero-order chi connectivity index (χ0) is 34.6. The molecule has 3 aromatic rings. The van der Waals surface area contributed by atoms with Crippen molar-refractivity contribution in [2.75, 3.05) is 43.6 Å². The molecule has 2 aliphatic rings. The lowest BCUT2D eigenvalue weighted by Crippen LogP contribution is -2.43. The Kier molecular flexibility index (Phi) is 12.9. The first kappa shape index (κ1) is 36.2. The first-order valence-electron chi connectivity index (χ1n) is 16.8. The summed E-state index contributed by atoms with van der Waals surface area (Å²) in [5, 5.41) is 33.1. The molecular weight excluding hydrogens is 652 g/mol. The van der Waals surface area contributed by atoms with Crippen LogP contribution in [0, 0.1) is 16.7 Å². The summed E-state index contributed by atoms with van der Waals surface area (Å²) in [6.07, 6.45) is 5.56. The topological polar surface area (TPSA) is 183 Å². The lowest BCUT2D eigenvalue weighted by molar-refractivity contribution is -0.00552. The number of tetrazole rings is 1. The molecule has 3 aromatic heterocycles. The molecule has 0 amide bonds. The summed E-state index contributed by atoms with van der Waals surface area (Å²) in [6.45, 7) is 8.03. The summed E-state index contributed by atoms with van der Waals surface area (Å²) in [5.41, 5.74) is 1.08. The number of carbonyl (C=O) groups excluding carboxylic acids is 1. The third-order valence-electron chi connectivity index (χ3n) is 8.70. The van der Waals surface area contributed by atoms with Crippen molar-refractivity contribution >= 4 is 29.4 Å². The number of rotatable bonds is 15. The number of hydrogen-bond acceptors (Lipinski definition) is 14. The SMILES string of the molecule is CCOC(=O)O[C@H](C)n1nnc(COCC(C)N[C@H]2CC[C@H](Nc3cc(-c4cccc(NCC5(C#N)CCOCC5)n4)c(Cl)cn3)CC2)n1. The second kappa shape index (κ2) is 17.5. The third-order valence-corrected chi connectivity index (χ3v) is 9.00. The van der Waals surface area contributed by atoms with Gasteiger partial charge in [0.2, 0.25) is 12.1 Å². The van der Waals surface area contributed by atoms with Crippen molar-refractivity contribution in [2.45, 2.75) is 90.3 Å². The highest BCUT2D eigenvalue weighted by Crippen LogP contribution is 2.32. The third kappa shape index (κ3) is 10.4. The number of halogens is 1. The Labute approximate surface area is 291 Å². The quantitative estimate of drug-likeness (QED) is 0.178. The fraction of sp³-hybridized carbons (Fsp3) is 0.606. The Hall–Kier alpha value is -4.10. The van der Waals surface area contributed by atoms with Gasteiger partial charge in [0.1, 0.15) is 18.2 Å². The first-order chi connectivity index (χ1) is 23.8. The molecule has 1 aliphatic heterocycles. The molecule has 1 aliphatic carbocycles. The number of hydrogen-bond donors (Lipinski definition) is 3. The van der Waals surface area contributed by atoms with Crippen molar-refractivity contribution in [3.63, 3.8) is 0 Å². The molecule has 0 aromatic carbocycles. The second-order valence-corrected chi connectivity index (χ2v) is 12.9. The van der Waals surface area contributed by atoms with Crippen LogP contribution in [0.25, 0.3) is 11.3 Å². The number of aromatic nitrogens is 6. The van der Waals surface area contributed by atoms with Gasteiger partial charge in [-0.2, -0.15) is 5.26 Å². The van der Waals surface area contributed by atoms with Crippen LogP contribution in [0.1, 0.15) is 71.3 Å². The molecular formula is C33H45ClN10O5. The number of carbonyl (C=O) groups is 1. The standard InChI is InChI=1S/C33H45ClN10O5/c1-4-48-32(45)49-23(3)44-42-31(41-43-44)19-47-18-22(2)38-24-8-10-25(11-9-24)39-30-16-26(27(34)17-36-30)28-6-5-7-29(40-28)37-21-33(20-35)12-14-46-15-13-33/h5-7,16-17,22-25,38H,4,8-15,18-19,21H2,1-3H3,(H,36,39)(H,37,40)/t22?,23-,24-,25-/m1/s1. The van der Waals surface area contributed by atoms with E-state index in [0.717, 1.165) is 42.8 Å². The average Bonchev–Trinajstić information content (AvgIpc) is 3.59. The molecule has 1 saturated heterocycles. The molecule has 0 radical (unpaired) electrons. The van der Waals surface area contributed by atoms with Crippen molar-refractivity contribution in [3.05, 3.63) is 41.3 Å². The van der Waals surface area contributed by atoms with Gasteiger partial charge in [-0.3, -0.25) is 0 Å². The Morgan fingerprint density at radius 1 is 1.18 bits per heavy atom. The van der Waals surface area contributed by atoms with Gasteiger partial charge in [-0.05, 0) is 82.7 Å². The van der Waals surface area contributed by atoms with E-state index in [1.165, 1.54) is 4.80 Å². The second-order valence-electron chi connectivity index (χ2n) is 12.5. The molecule has 49 heavy (non-hydrogen) atoms. The number of anilines is 2. The van der Waals surface area contributed by atoms with Crippen molar-refractivity contribution in [1.82, 2.24) is 35.5 Å². The van der Waals surface area contributed by atoms with Crippen LogP contribution in [0.5, 0.6) is 0 Å². The number of nitrogens with zero attached hydrogens (tertiary/aromatic N) is 7. The van der Waals surface area contributed by atoms with E-state index in [9.17, 15) is 10.1 Å². The molecule has 2 atom stereocenters. The lowest BCUT2D eigenvalue weighted by atomic mass is 9.82. The molecule has 1 saturated carbocycles. The largest absolute Gasteiger partial charge is 0.510 e. The van der Waals surface area contributed by atoms with Gasteiger partial charge in [0.05, 0.1) is 35.4 Å². The Balaban J connectivity index is 1.04. The normalized spacial score (nSPS) is 20.1. The van der Waals surface area contributed by atoms with Crippen molar-refractivity contribution in [2.24, 2.45) is 5.41 Å². The van der Waals surface area contributed by atoms with Crippen LogP contribution >= 0.6 is 11.6 Å². The van der Waals surface area contributed by atoms with E-state index in [4.69, 9.17) is 35.5 Å². The number of nitrogens with one attached hydrogen (secondary N) is 3. The molecule has 4 heterocycles. The van der Waals surface area contributed by atoms with E-state index in [2.05, 4.69) is 49.3 Å². The smallest absolute Gasteiger partial charge is 0.435 e. The highest BCUT2D eigenvalue weighted by atomic mass is 35.5. The minimum atomic E-state index is -0.785. The van der Waals surface area contributed by atoms with E-state index >= 15 is 0 Å². The van der Waals surface area contributed by atoms with E-state index < -0.39 is 17.8 Å². The highest BCUT2D eigenvalue weighted by Gasteiger charge is 2.32. The summed E-state index contributed by atoms with van der Waals surface area (Å²) < 4.78 is 21.1. The molecule has 2 fully saturated rings. The van der Waals surface area contributed by atoms with E-state index in [1.54, 1.807) is 20.0 Å². The van der Waals surface area contributed by atoms with Crippen LogP contribution < -0.4 is 16.0 Å². The summed E-state index contributed by atoms with van der Waals surface area (Å²) in [6, 6.07) is 11.0. The molecule has 264 valence electrons. The van der Waals surface area contributed by atoms with Crippen LogP contribution in [-0.2, 0) is 25.6 Å². The molecule has 3 N–H and O–H groups in total. The molecule has 0 bridgehead atoms. The maximum atomic E-state index is 11.5. The van der Waals surface area contributed by atoms with Crippen LogP contribution in [0.15, 0.2) is 30.5 Å². The summed E-state index contributed by atoms with van der Waals surface area (Å²) in [7, 11) is 0. The predicted octanol–water partition coefficient (Wildman–Crippen LogP) is 5.13. The maximum Gasteiger partial charge on any atom is 0.510 e. The van der Waals surface area contributed by atoms with E-state index in [0.29, 0.717) is 61.9 Å². The minimum Gasteiger partial charge on any atom is -0.435 e. The number of nitriles is 1. The Morgan fingerprint density at radius 2 is 1.96 bits per heavy atom. The Morgan fingerprint density at radius 3 is 2.71 bits per heavy atom. The zero-order valence-corrected chi connectivity index (χ0v) is 29.0. The van der Waals surface area contributed by atoms with Gasteiger partial charge in [-0.25, -0.2) is 14.8 Å². The predicted molar refractivity (Wildman–Crippen MR) is 182 cm³/mol. The number of pyridine rings is 2. The fourth-order valence-corrected chi connectivity index (χ4v) is 6.14. The zero-order valence-electron chi connectivity index (χ0n) is 28.2. The van der Waals surface area contributed by atoms with Gasteiger partial charge in [0.25, 0.3) is 0 Å². The molecule has 16 heteroatoms. The maximum absolute atomic E-state index is 11.5. The fourth-order valence-electron chi connectivity index (χ4n) is 5.94. The van der Waals surface area contributed by atoms with Crippen LogP contribution in [-0.4, -0.2) is 87.4 Å². The highest BCUT2D eigenvalue weighted by molar-refractivity contribution is 6.33. The van der Waals surface area contributed by atoms with E-state index in [1.807, 2.05) is 24.3 Å². The Bertz CT molecular complexity index is 1550. The summed E-state index contributed by atoms with van der Waals surface area (Å²) in [5.74, 6) is 1.86. The molecule has 15 nitrogen and oxygen atoms in total. The van der Waals surface area contributed by atoms with Crippen LogP contribution in [0.4, 0.5) is 16.4 Å². The summed E-state index contributed by atoms with van der Waals surface area (Å²) >= 11 is 6.59. The van der Waals surface area contributed by atoms with Crippen molar-refractivity contribution in [3.8, 4) is 17.3 Å². The van der Waals surface area contributed by atoms with Gasteiger partial charge < -0.3 is 34.9 Å². The van der Waals surface area contributed by atoms with Crippen LogP contribution in [0.3, 0.4) is 0 Å². The van der Waals surface area contributed by atoms with E-state index in [-0.39, 0.29) is 25.3 Å².